The molecular weight excluding hydrogens is 282 g/mol. The van der Waals surface area contributed by atoms with Gasteiger partial charge in [-0.05, 0) is 20.8 Å². The molecule has 7 heteroatoms. The number of ether oxygens (including phenoxy) is 1. The van der Waals surface area contributed by atoms with Crippen molar-refractivity contribution in [3.63, 3.8) is 0 Å². The van der Waals surface area contributed by atoms with E-state index in [0.717, 1.165) is 17.8 Å². The van der Waals surface area contributed by atoms with Crippen LogP contribution < -0.4 is 5.32 Å². The normalized spacial score (nSPS) is 11.5. The summed E-state index contributed by atoms with van der Waals surface area (Å²) in [5, 5.41) is 6.91. The summed E-state index contributed by atoms with van der Waals surface area (Å²) in [5.74, 6) is 0. The first kappa shape index (κ1) is 16.1. The molecule has 0 saturated carbocycles. The lowest BCUT2D eigenvalue weighted by Crippen LogP contribution is -2.33. The molecule has 2 heterocycles. The molecule has 1 amide bonds. The van der Waals surface area contributed by atoms with Crippen molar-refractivity contribution in [1.29, 1.82) is 0 Å². The number of hydrogen-bond acceptors (Lipinski definition) is 4. The Morgan fingerprint density at radius 1 is 1.36 bits per heavy atom. The van der Waals surface area contributed by atoms with Crippen LogP contribution in [-0.2, 0) is 24.8 Å². The molecular formula is C15H23N5O2. The molecule has 0 radical (unpaired) electrons. The van der Waals surface area contributed by atoms with Gasteiger partial charge in [-0.3, -0.25) is 4.68 Å². The predicted octanol–water partition coefficient (Wildman–Crippen LogP) is 1.73. The highest BCUT2D eigenvalue weighted by molar-refractivity contribution is 5.67. The van der Waals surface area contributed by atoms with Gasteiger partial charge < -0.3 is 14.6 Å². The van der Waals surface area contributed by atoms with Crippen molar-refractivity contribution in [3.05, 3.63) is 36.2 Å². The van der Waals surface area contributed by atoms with Crippen LogP contribution in [0.1, 0.15) is 32.0 Å². The summed E-state index contributed by atoms with van der Waals surface area (Å²) in [6.45, 7) is 6.75. The van der Waals surface area contributed by atoms with Gasteiger partial charge in [-0.25, -0.2) is 9.78 Å². The number of aromatic nitrogens is 4. The highest BCUT2D eigenvalue weighted by Gasteiger charge is 2.15. The Labute approximate surface area is 130 Å². The first-order valence-electron chi connectivity index (χ1n) is 7.27. The van der Waals surface area contributed by atoms with E-state index in [0.29, 0.717) is 13.0 Å². The van der Waals surface area contributed by atoms with Gasteiger partial charge in [-0.2, -0.15) is 5.10 Å². The van der Waals surface area contributed by atoms with Crippen molar-refractivity contribution < 1.29 is 9.53 Å². The standard InChI is InChI=1S/C15H23N5O2/c1-15(2,3)22-14(21)17-6-5-13-8-16-11-20(13)10-12-7-18-19(4)9-12/h7-9,11H,5-6,10H2,1-4H3,(H,17,21). The van der Waals surface area contributed by atoms with E-state index in [1.165, 1.54) is 0 Å². The summed E-state index contributed by atoms with van der Waals surface area (Å²) in [4.78, 5) is 15.8. The maximum absolute atomic E-state index is 11.6. The largest absolute Gasteiger partial charge is 0.444 e. The van der Waals surface area contributed by atoms with Crippen LogP contribution in [0.2, 0.25) is 0 Å². The lowest BCUT2D eigenvalue weighted by atomic mass is 10.2. The summed E-state index contributed by atoms with van der Waals surface area (Å²) in [6, 6.07) is 0. The van der Waals surface area contributed by atoms with Crippen LogP contribution >= 0.6 is 0 Å². The average molecular weight is 305 g/mol. The number of carbonyl (C=O) groups is 1. The minimum absolute atomic E-state index is 0.397. The fourth-order valence-electron chi connectivity index (χ4n) is 2.06. The van der Waals surface area contributed by atoms with E-state index >= 15 is 0 Å². The van der Waals surface area contributed by atoms with Crippen molar-refractivity contribution >= 4 is 6.09 Å². The Bertz CT molecular complexity index is 624. The maximum Gasteiger partial charge on any atom is 0.407 e. The molecule has 0 fully saturated rings. The number of carbonyl (C=O) groups excluding carboxylic acids is 1. The van der Waals surface area contributed by atoms with Gasteiger partial charge in [0.2, 0.25) is 0 Å². The first-order chi connectivity index (χ1) is 10.3. The van der Waals surface area contributed by atoms with Crippen LogP contribution in [0.15, 0.2) is 24.9 Å². The number of imidazole rings is 1. The molecule has 2 rings (SSSR count). The number of nitrogens with zero attached hydrogens (tertiary/aromatic N) is 4. The number of amides is 1. The third-order valence-electron chi connectivity index (χ3n) is 2.96. The number of aryl methyl sites for hydroxylation is 1. The van der Waals surface area contributed by atoms with Gasteiger partial charge in [0.15, 0.2) is 0 Å². The quantitative estimate of drug-likeness (QED) is 0.913. The Morgan fingerprint density at radius 3 is 2.77 bits per heavy atom. The van der Waals surface area contributed by atoms with Crippen LogP contribution in [0, 0.1) is 0 Å². The Hall–Kier alpha value is -2.31. The number of rotatable bonds is 5. The van der Waals surface area contributed by atoms with E-state index in [9.17, 15) is 4.79 Å². The van der Waals surface area contributed by atoms with E-state index in [2.05, 4.69) is 15.4 Å². The monoisotopic (exact) mass is 305 g/mol. The molecule has 0 atom stereocenters. The molecule has 0 saturated heterocycles. The Morgan fingerprint density at radius 2 is 2.14 bits per heavy atom. The van der Waals surface area contributed by atoms with E-state index < -0.39 is 11.7 Å². The van der Waals surface area contributed by atoms with Crippen LogP contribution in [0.3, 0.4) is 0 Å². The van der Waals surface area contributed by atoms with Crippen molar-refractivity contribution in [3.8, 4) is 0 Å². The van der Waals surface area contributed by atoms with Gasteiger partial charge in [0, 0.05) is 43.7 Å². The first-order valence-corrected chi connectivity index (χ1v) is 7.27. The number of nitrogens with one attached hydrogen (secondary N) is 1. The molecule has 0 bridgehead atoms. The highest BCUT2D eigenvalue weighted by atomic mass is 16.6. The molecule has 7 nitrogen and oxygen atoms in total. The van der Waals surface area contributed by atoms with Gasteiger partial charge in [-0.15, -0.1) is 0 Å². The second kappa shape index (κ2) is 6.64. The Kier molecular flexibility index (Phi) is 4.85. The SMILES string of the molecule is Cn1cc(Cn2cncc2CCNC(=O)OC(C)(C)C)cn1. The lowest BCUT2D eigenvalue weighted by Gasteiger charge is -2.19. The van der Waals surface area contributed by atoms with Gasteiger partial charge >= 0.3 is 6.09 Å². The van der Waals surface area contributed by atoms with Gasteiger partial charge in [0.05, 0.1) is 19.1 Å². The average Bonchev–Trinajstić information content (AvgIpc) is 2.98. The molecule has 0 aliphatic rings. The Balaban J connectivity index is 1.84. The summed E-state index contributed by atoms with van der Waals surface area (Å²) in [7, 11) is 1.89. The van der Waals surface area contributed by atoms with Crippen LogP contribution in [0.4, 0.5) is 4.79 Å². The molecule has 0 aromatic carbocycles. The summed E-state index contributed by atoms with van der Waals surface area (Å²) in [5.41, 5.74) is 1.69. The van der Waals surface area contributed by atoms with E-state index in [1.807, 2.05) is 51.0 Å². The maximum atomic E-state index is 11.6. The van der Waals surface area contributed by atoms with Crippen molar-refractivity contribution in [1.82, 2.24) is 24.6 Å². The zero-order valence-corrected chi connectivity index (χ0v) is 13.5. The summed E-state index contributed by atoms with van der Waals surface area (Å²) < 4.78 is 9.03. The van der Waals surface area contributed by atoms with Crippen molar-refractivity contribution in [2.24, 2.45) is 7.05 Å². The molecule has 22 heavy (non-hydrogen) atoms. The third kappa shape index (κ3) is 4.91. The number of alkyl carbamates (subject to hydrolysis) is 1. The molecule has 1 N–H and O–H groups in total. The minimum atomic E-state index is -0.480. The molecule has 2 aromatic heterocycles. The predicted molar refractivity (Wildman–Crippen MR) is 82.5 cm³/mol. The third-order valence-corrected chi connectivity index (χ3v) is 2.96. The fraction of sp³-hybridized carbons (Fsp3) is 0.533. The second-order valence-electron chi connectivity index (χ2n) is 6.21. The summed E-state index contributed by atoms with van der Waals surface area (Å²) in [6.07, 6.45) is 7.71. The van der Waals surface area contributed by atoms with Crippen LogP contribution in [0.5, 0.6) is 0 Å². The number of hydrogen-bond donors (Lipinski definition) is 1. The van der Waals surface area contributed by atoms with E-state index in [-0.39, 0.29) is 0 Å². The molecule has 0 spiro atoms. The molecule has 0 aliphatic heterocycles. The van der Waals surface area contributed by atoms with Gasteiger partial charge in [0.1, 0.15) is 5.60 Å². The smallest absolute Gasteiger partial charge is 0.407 e. The van der Waals surface area contributed by atoms with Crippen LogP contribution in [-0.4, -0.2) is 37.6 Å². The van der Waals surface area contributed by atoms with E-state index in [1.54, 1.807) is 11.0 Å². The molecule has 2 aromatic rings. The topological polar surface area (TPSA) is 74.0 Å². The zero-order chi connectivity index (χ0) is 16.2. The van der Waals surface area contributed by atoms with Crippen LogP contribution in [0.25, 0.3) is 0 Å². The second-order valence-corrected chi connectivity index (χ2v) is 6.21. The van der Waals surface area contributed by atoms with Crippen molar-refractivity contribution in [2.75, 3.05) is 6.54 Å². The van der Waals surface area contributed by atoms with E-state index in [4.69, 9.17) is 4.74 Å². The summed E-state index contributed by atoms with van der Waals surface area (Å²) >= 11 is 0. The molecule has 0 unspecified atom stereocenters. The fourth-order valence-corrected chi connectivity index (χ4v) is 2.06. The lowest BCUT2D eigenvalue weighted by molar-refractivity contribution is 0.0528. The minimum Gasteiger partial charge on any atom is -0.444 e. The zero-order valence-electron chi connectivity index (χ0n) is 13.5. The van der Waals surface area contributed by atoms with Crippen molar-refractivity contribution in [2.45, 2.75) is 39.3 Å². The van der Waals surface area contributed by atoms with Gasteiger partial charge in [0.25, 0.3) is 0 Å². The highest BCUT2D eigenvalue weighted by Crippen LogP contribution is 2.07. The molecule has 0 aliphatic carbocycles. The van der Waals surface area contributed by atoms with Gasteiger partial charge in [-0.1, -0.05) is 0 Å². The molecule has 120 valence electrons.